The second-order valence-electron chi connectivity index (χ2n) is 2.57. The van der Waals surface area contributed by atoms with Gasteiger partial charge in [-0.3, -0.25) is 0 Å². The molecule has 0 amide bonds. The Hall–Kier alpha value is -1.05. The van der Waals surface area contributed by atoms with E-state index in [2.05, 4.69) is 9.47 Å². The monoisotopic (exact) mass is 306 g/mol. The second kappa shape index (κ2) is 4.44. The van der Waals surface area contributed by atoms with Crippen LogP contribution in [0.3, 0.4) is 0 Å². The van der Waals surface area contributed by atoms with Crippen LogP contribution in [0.15, 0.2) is 24.3 Å². The molecule has 0 aliphatic rings. The van der Waals surface area contributed by atoms with E-state index in [4.69, 9.17) is 0 Å². The molecule has 2 nitrogen and oxygen atoms in total. The Balaban J connectivity index is 2.79. The Morgan fingerprint density at radius 2 is 1.44 bits per heavy atom. The van der Waals surface area contributed by atoms with E-state index >= 15 is 0 Å². The summed E-state index contributed by atoms with van der Waals surface area (Å²) in [5.41, 5.74) is 0. The maximum absolute atomic E-state index is 12.3. The molecule has 0 heterocycles. The van der Waals surface area contributed by atoms with E-state index in [1.54, 1.807) is 0 Å². The summed E-state index contributed by atoms with van der Waals surface area (Å²) < 4.78 is 67.5. The van der Waals surface area contributed by atoms with E-state index < -0.39 is 22.9 Å². The first kappa shape index (κ1) is 13.0. The lowest BCUT2D eigenvalue weighted by Gasteiger charge is -2.13. The quantitative estimate of drug-likeness (QED) is 0.623. The molecular formula is C8H4BrF5O2. The maximum Gasteiger partial charge on any atom is 0.573 e. The molecule has 16 heavy (non-hydrogen) atoms. The normalized spacial score (nSPS) is 12.4. The predicted molar refractivity (Wildman–Crippen MR) is 47.6 cm³/mol. The summed E-state index contributed by atoms with van der Waals surface area (Å²) in [6.07, 6.45) is -4.88. The van der Waals surface area contributed by atoms with E-state index in [-0.39, 0.29) is 0 Å². The summed E-state index contributed by atoms with van der Waals surface area (Å²) in [4.78, 5) is 0. The van der Waals surface area contributed by atoms with Crippen LogP contribution in [0.5, 0.6) is 11.5 Å². The van der Waals surface area contributed by atoms with Crippen molar-refractivity contribution in [1.82, 2.24) is 0 Å². The second-order valence-corrected chi connectivity index (χ2v) is 3.49. The Morgan fingerprint density at radius 1 is 0.938 bits per heavy atom. The third kappa shape index (κ3) is 5.15. The van der Waals surface area contributed by atoms with Gasteiger partial charge in [-0.25, -0.2) is 0 Å². The average molecular weight is 307 g/mol. The van der Waals surface area contributed by atoms with Crippen LogP contribution < -0.4 is 9.47 Å². The van der Waals surface area contributed by atoms with Crippen molar-refractivity contribution in [3.8, 4) is 11.5 Å². The van der Waals surface area contributed by atoms with Crippen molar-refractivity contribution in [2.24, 2.45) is 0 Å². The van der Waals surface area contributed by atoms with Gasteiger partial charge >= 0.3 is 11.4 Å². The summed E-state index contributed by atoms with van der Waals surface area (Å²) in [7, 11) is 0. The predicted octanol–water partition coefficient (Wildman–Crippen LogP) is 3.91. The lowest BCUT2D eigenvalue weighted by molar-refractivity contribution is -0.274. The minimum absolute atomic E-state index is 0.455. The molecule has 0 unspecified atom stereocenters. The highest BCUT2D eigenvalue weighted by Crippen LogP contribution is 2.30. The fraction of sp³-hybridized carbons (Fsp3) is 0.250. The molecule has 1 rings (SSSR count). The van der Waals surface area contributed by atoms with Crippen LogP contribution in [0.4, 0.5) is 22.0 Å². The molecule has 0 aromatic heterocycles. The molecule has 0 saturated carbocycles. The molecule has 8 heteroatoms. The van der Waals surface area contributed by atoms with E-state index in [0.717, 1.165) is 18.2 Å². The van der Waals surface area contributed by atoms with Gasteiger partial charge in [-0.1, -0.05) is 6.07 Å². The van der Waals surface area contributed by atoms with Crippen molar-refractivity contribution in [2.75, 3.05) is 0 Å². The topological polar surface area (TPSA) is 18.5 Å². The van der Waals surface area contributed by atoms with Crippen molar-refractivity contribution in [2.45, 2.75) is 11.4 Å². The number of rotatable bonds is 3. The summed E-state index contributed by atoms with van der Waals surface area (Å²) in [6.45, 7) is 0. The molecule has 0 spiro atoms. The van der Waals surface area contributed by atoms with Crippen LogP contribution in [-0.2, 0) is 0 Å². The zero-order valence-corrected chi connectivity index (χ0v) is 8.98. The zero-order valence-electron chi connectivity index (χ0n) is 7.39. The lowest BCUT2D eigenvalue weighted by atomic mass is 10.3. The number of alkyl halides is 6. The first-order chi connectivity index (χ1) is 7.16. The van der Waals surface area contributed by atoms with Crippen molar-refractivity contribution in [1.29, 1.82) is 0 Å². The van der Waals surface area contributed by atoms with Crippen molar-refractivity contribution >= 4 is 15.9 Å². The number of hydrogen-bond donors (Lipinski definition) is 0. The van der Waals surface area contributed by atoms with E-state index in [1.165, 1.54) is 0 Å². The number of hydrogen-bond acceptors (Lipinski definition) is 2. The molecule has 0 saturated heterocycles. The SMILES string of the molecule is FC(F)(F)Oc1cccc(OC(F)(F)Br)c1. The van der Waals surface area contributed by atoms with Crippen molar-refractivity contribution in [3.63, 3.8) is 0 Å². The van der Waals surface area contributed by atoms with Crippen LogP contribution in [0.25, 0.3) is 0 Å². The fourth-order valence-corrected chi connectivity index (χ4v) is 1.06. The molecule has 0 fully saturated rings. The van der Waals surface area contributed by atoms with Crippen LogP contribution >= 0.6 is 15.9 Å². The standard InChI is InChI=1S/C8H4BrF5O2/c9-7(10,11)15-5-2-1-3-6(4-5)16-8(12,13)14/h1-4H. The number of benzene rings is 1. The van der Waals surface area contributed by atoms with Crippen molar-refractivity contribution in [3.05, 3.63) is 24.3 Å². The van der Waals surface area contributed by atoms with Crippen LogP contribution in [0, 0.1) is 0 Å². The summed E-state index contributed by atoms with van der Waals surface area (Å²) in [5, 5.41) is -3.65. The zero-order chi connectivity index (χ0) is 12.4. The van der Waals surface area contributed by atoms with Crippen LogP contribution in [-0.4, -0.2) is 11.4 Å². The van der Waals surface area contributed by atoms with Crippen molar-refractivity contribution < 1.29 is 31.4 Å². The summed E-state index contributed by atoms with van der Waals surface area (Å²) >= 11 is 1.88. The van der Waals surface area contributed by atoms with E-state index in [0.29, 0.717) is 6.07 Å². The van der Waals surface area contributed by atoms with Gasteiger partial charge in [0.1, 0.15) is 11.5 Å². The van der Waals surface area contributed by atoms with Gasteiger partial charge in [-0.2, -0.15) is 8.78 Å². The molecule has 0 aliphatic heterocycles. The van der Waals surface area contributed by atoms with Gasteiger partial charge in [-0.15, -0.1) is 13.2 Å². The highest BCUT2D eigenvalue weighted by molar-refractivity contribution is 9.09. The average Bonchev–Trinajstić information content (AvgIpc) is 1.96. The highest BCUT2D eigenvalue weighted by Gasteiger charge is 2.32. The van der Waals surface area contributed by atoms with E-state index in [9.17, 15) is 22.0 Å². The number of halogens is 6. The van der Waals surface area contributed by atoms with Gasteiger partial charge in [0.2, 0.25) is 0 Å². The van der Waals surface area contributed by atoms with Gasteiger partial charge in [0, 0.05) is 22.0 Å². The maximum atomic E-state index is 12.3. The minimum Gasteiger partial charge on any atom is -0.424 e. The molecule has 0 aliphatic carbocycles. The largest absolute Gasteiger partial charge is 0.573 e. The Kier molecular flexibility index (Phi) is 3.61. The Bertz CT molecular complexity index is 329. The Morgan fingerprint density at radius 3 is 1.88 bits per heavy atom. The Labute approximate surface area is 95.1 Å². The number of ether oxygens (including phenoxy) is 2. The molecule has 90 valence electrons. The lowest BCUT2D eigenvalue weighted by Crippen LogP contribution is -2.18. The molecule has 0 radical (unpaired) electrons. The van der Waals surface area contributed by atoms with Crippen LogP contribution in [0.1, 0.15) is 0 Å². The van der Waals surface area contributed by atoms with Gasteiger partial charge in [0.05, 0.1) is 0 Å². The first-order valence-corrected chi connectivity index (χ1v) is 4.56. The van der Waals surface area contributed by atoms with Gasteiger partial charge in [0.25, 0.3) is 0 Å². The first-order valence-electron chi connectivity index (χ1n) is 3.77. The third-order valence-corrected chi connectivity index (χ3v) is 1.43. The molecule has 1 aromatic carbocycles. The highest BCUT2D eigenvalue weighted by atomic mass is 79.9. The van der Waals surface area contributed by atoms with Gasteiger partial charge in [-0.05, 0) is 12.1 Å². The smallest absolute Gasteiger partial charge is 0.424 e. The summed E-state index contributed by atoms with van der Waals surface area (Å²) in [5.74, 6) is -1.09. The summed E-state index contributed by atoms with van der Waals surface area (Å²) in [6, 6.07) is 3.82. The molecule has 1 aromatic rings. The molecular weight excluding hydrogens is 303 g/mol. The van der Waals surface area contributed by atoms with Crippen LogP contribution in [0.2, 0.25) is 0 Å². The fourth-order valence-electron chi connectivity index (χ4n) is 0.868. The minimum atomic E-state index is -4.88. The van der Waals surface area contributed by atoms with E-state index in [1.807, 2.05) is 15.9 Å². The molecule has 0 bridgehead atoms. The van der Waals surface area contributed by atoms with Gasteiger partial charge in [0.15, 0.2) is 0 Å². The third-order valence-electron chi connectivity index (χ3n) is 1.27. The molecule has 0 N–H and O–H groups in total. The van der Waals surface area contributed by atoms with Gasteiger partial charge < -0.3 is 9.47 Å². The molecule has 0 atom stereocenters.